The van der Waals surface area contributed by atoms with Crippen molar-refractivity contribution in [3.05, 3.63) is 17.7 Å². The fourth-order valence-corrected chi connectivity index (χ4v) is 2.04. The van der Waals surface area contributed by atoms with Gasteiger partial charge in [0.15, 0.2) is 11.4 Å². The molecular formula is C12H14N6O. The largest absolute Gasteiger partial charge is 0.340 e. The molecule has 1 aliphatic rings. The smallest absolute Gasteiger partial charge is 0.242 e. The third kappa shape index (κ3) is 2.90. The van der Waals surface area contributed by atoms with E-state index in [9.17, 15) is 4.79 Å². The molecule has 19 heavy (non-hydrogen) atoms. The molecule has 0 aromatic carbocycles. The summed E-state index contributed by atoms with van der Waals surface area (Å²) >= 11 is 0. The van der Waals surface area contributed by atoms with Crippen LogP contribution in [0.3, 0.4) is 0 Å². The predicted octanol–water partition coefficient (Wildman–Crippen LogP) is -0.552. The van der Waals surface area contributed by atoms with E-state index in [0.717, 1.165) is 19.5 Å². The molecule has 1 aliphatic heterocycles. The monoisotopic (exact) mass is 258 g/mol. The summed E-state index contributed by atoms with van der Waals surface area (Å²) in [6.07, 6.45) is 2.29. The Bertz CT molecular complexity index is 542. The molecule has 0 spiro atoms. The van der Waals surface area contributed by atoms with Crippen LogP contribution in [-0.4, -0.2) is 46.5 Å². The second-order valence-corrected chi connectivity index (χ2v) is 4.28. The van der Waals surface area contributed by atoms with Gasteiger partial charge in [-0.1, -0.05) is 0 Å². The molecule has 2 rings (SSSR count). The van der Waals surface area contributed by atoms with E-state index in [1.165, 1.54) is 10.9 Å². The molecule has 0 atom stereocenters. The van der Waals surface area contributed by atoms with Gasteiger partial charge in [0.25, 0.3) is 0 Å². The number of nitrogens with one attached hydrogen (secondary N) is 1. The van der Waals surface area contributed by atoms with Gasteiger partial charge in [0.05, 0.1) is 6.33 Å². The Morgan fingerprint density at radius 3 is 2.95 bits per heavy atom. The molecule has 0 saturated carbocycles. The highest BCUT2D eigenvalue weighted by Gasteiger charge is 2.18. The molecule has 1 fully saturated rings. The van der Waals surface area contributed by atoms with E-state index in [4.69, 9.17) is 10.5 Å². The van der Waals surface area contributed by atoms with Crippen LogP contribution in [0.1, 0.15) is 17.8 Å². The van der Waals surface area contributed by atoms with E-state index < -0.39 is 0 Å². The second kappa shape index (κ2) is 5.98. The van der Waals surface area contributed by atoms with Gasteiger partial charge in [0.1, 0.15) is 18.7 Å². The van der Waals surface area contributed by atoms with E-state index in [1.807, 2.05) is 12.1 Å². The Hall–Kier alpha value is -2.38. The number of amides is 1. The van der Waals surface area contributed by atoms with Gasteiger partial charge in [-0.05, 0) is 13.0 Å². The zero-order valence-corrected chi connectivity index (χ0v) is 10.5. The van der Waals surface area contributed by atoms with Crippen LogP contribution in [0.2, 0.25) is 0 Å². The van der Waals surface area contributed by atoms with Crippen LogP contribution in [0.5, 0.6) is 0 Å². The molecular weight excluding hydrogens is 244 g/mol. The van der Waals surface area contributed by atoms with Crippen LogP contribution in [0.25, 0.3) is 0 Å². The lowest BCUT2D eigenvalue weighted by atomic mass is 10.3. The Kier molecular flexibility index (Phi) is 4.11. The predicted molar refractivity (Wildman–Crippen MR) is 65.7 cm³/mol. The van der Waals surface area contributed by atoms with Crippen molar-refractivity contribution in [1.29, 1.82) is 10.5 Å². The van der Waals surface area contributed by atoms with Crippen molar-refractivity contribution in [2.45, 2.75) is 13.0 Å². The highest BCUT2D eigenvalue weighted by molar-refractivity contribution is 5.76. The van der Waals surface area contributed by atoms with E-state index in [1.54, 1.807) is 4.90 Å². The minimum atomic E-state index is -0.0536. The van der Waals surface area contributed by atoms with Crippen LogP contribution < -0.4 is 5.32 Å². The average Bonchev–Trinajstić information content (AvgIpc) is 2.64. The van der Waals surface area contributed by atoms with Gasteiger partial charge in [-0.25, -0.2) is 4.98 Å². The average molecular weight is 258 g/mol. The maximum atomic E-state index is 12.1. The van der Waals surface area contributed by atoms with Crippen molar-refractivity contribution in [3.63, 3.8) is 0 Å². The Labute approximate surface area is 111 Å². The summed E-state index contributed by atoms with van der Waals surface area (Å²) in [6.45, 7) is 3.13. The highest BCUT2D eigenvalue weighted by atomic mass is 16.2. The zero-order chi connectivity index (χ0) is 13.7. The zero-order valence-electron chi connectivity index (χ0n) is 10.5. The Morgan fingerprint density at radius 2 is 2.21 bits per heavy atom. The quantitative estimate of drug-likeness (QED) is 0.767. The maximum absolute atomic E-state index is 12.1. The normalized spacial score (nSPS) is 15.4. The Morgan fingerprint density at radius 1 is 1.37 bits per heavy atom. The molecule has 0 bridgehead atoms. The van der Waals surface area contributed by atoms with Crippen molar-refractivity contribution < 1.29 is 4.79 Å². The third-order valence-electron chi connectivity index (χ3n) is 3.05. The van der Waals surface area contributed by atoms with Gasteiger partial charge >= 0.3 is 0 Å². The number of hydrogen-bond donors (Lipinski definition) is 1. The molecule has 7 heteroatoms. The van der Waals surface area contributed by atoms with Gasteiger partial charge in [-0.3, -0.25) is 4.79 Å². The van der Waals surface area contributed by atoms with Crippen molar-refractivity contribution in [1.82, 2.24) is 19.8 Å². The van der Waals surface area contributed by atoms with Crippen LogP contribution in [-0.2, 0) is 11.3 Å². The summed E-state index contributed by atoms with van der Waals surface area (Å²) in [5.74, 6) is -0.0536. The molecule has 0 unspecified atom stereocenters. The van der Waals surface area contributed by atoms with Crippen molar-refractivity contribution >= 4 is 5.91 Å². The summed E-state index contributed by atoms with van der Waals surface area (Å²) < 4.78 is 1.43. The number of carbonyl (C=O) groups is 1. The SMILES string of the molecule is N#Cc1ncn(CC(=O)N2CCCNCC2)c1C#N. The first-order valence-corrected chi connectivity index (χ1v) is 6.10. The fourth-order valence-electron chi connectivity index (χ4n) is 2.04. The van der Waals surface area contributed by atoms with E-state index in [2.05, 4.69) is 10.3 Å². The van der Waals surface area contributed by atoms with Gasteiger partial charge in [0, 0.05) is 19.6 Å². The molecule has 98 valence electrons. The van der Waals surface area contributed by atoms with Crippen LogP contribution in [0.15, 0.2) is 6.33 Å². The summed E-state index contributed by atoms with van der Waals surface area (Å²) in [7, 11) is 0. The summed E-state index contributed by atoms with van der Waals surface area (Å²) in [6, 6.07) is 3.75. The number of aromatic nitrogens is 2. The first-order chi connectivity index (χ1) is 9.26. The van der Waals surface area contributed by atoms with Crippen molar-refractivity contribution in [2.24, 2.45) is 0 Å². The van der Waals surface area contributed by atoms with E-state index in [0.29, 0.717) is 13.1 Å². The Balaban J connectivity index is 2.08. The van der Waals surface area contributed by atoms with Crippen LogP contribution >= 0.6 is 0 Å². The van der Waals surface area contributed by atoms with Gasteiger partial charge in [-0.15, -0.1) is 0 Å². The van der Waals surface area contributed by atoms with E-state index >= 15 is 0 Å². The molecule has 0 radical (unpaired) electrons. The minimum Gasteiger partial charge on any atom is -0.340 e. The summed E-state index contributed by atoms with van der Waals surface area (Å²) in [5.41, 5.74) is 0.205. The number of nitrogens with zero attached hydrogens (tertiary/aromatic N) is 5. The van der Waals surface area contributed by atoms with Crippen molar-refractivity contribution in [3.8, 4) is 12.1 Å². The molecule has 1 N–H and O–H groups in total. The first-order valence-electron chi connectivity index (χ1n) is 6.10. The lowest BCUT2D eigenvalue weighted by Gasteiger charge is -2.20. The van der Waals surface area contributed by atoms with Gasteiger partial charge in [0.2, 0.25) is 5.91 Å². The second-order valence-electron chi connectivity index (χ2n) is 4.28. The molecule has 1 saturated heterocycles. The number of rotatable bonds is 2. The standard InChI is InChI=1S/C12H14N6O/c13-6-10-11(7-14)18(9-16-10)8-12(19)17-4-1-2-15-3-5-17/h9,15H,1-5,8H2. The van der Waals surface area contributed by atoms with Gasteiger partial charge < -0.3 is 14.8 Å². The molecule has 1 aromatic rings. The lowest BCUT2D eigenvalue weighted by Crippen LogP contribution is -2.36. The number of nitriles is 2. The number of carbonyl (C=O) groups excluding carboxylic acids is 1. The van der Waals surface area contributed by atoms with Gasteiger partial charge in [-0.2, -0.15) is 10.5 Å². The van der Waals surface area contributed by atoms with Crippen LogP contribution in [0, 0.1) is 22.7 Å². The molecule has 1 aromatic heterocycles. The van der Waals surface area contributed by atoms with E-state index in [-0.39, 0.29) is 23.8 Å². The molecule has 0 aliphatic carbocycles. The topological polar surface area (TPSA) is 97.7 Å². The molecule has 1 amide bonds. The summed E-state index contributed by atoms with van der Waals surface area (Å²) in [5, 5.41) is 21.0. The lowest BCUT2D eigenvalue weighted by molar-refractivity contribution is -0.131. The summed E-state index contributed by atoms with van der Waals surface area (Å²) in [4.78, 5) is 17.7. The number of hydrogen-bond acceptors (Lipinski definition) is 5. The molecule has 7 nitrogen and oxygen atoms in total. The van der Waals surface area contributed by atoms with Crippen molar-refractivity contribution in [2.75, 3.05) is 26.2 Å². The maximum Gasteiger partial charge on any atom is 0.242 e. The fraction of sp³-hybridized carbons (Fsp3) is 0.500. The number of imidazole rings is 1. The highest BCUT2D eigenvalue weighted by Crippen LogP contribution is 2.06. The van der Waals surface area contributed by atoms with Crippen LogP contribution in [0.4, 0.5) is 0 Å². The molecule has 2 heterocycles. The minimum absolute atomic E-state index is 0.0531. The third-order valence-corrected chi connectivity index (χ3v) is 3.05. The first kappa shape index (κ1) is 13.1.